The number of rotatable bonds is 7. The zero-order valence-corrected chi connectivity index (χ0v) is 18.8. The second-order valence-electron chi connectivity index (χ2n) is 7.13. The zero-order chi connectivity index (χ0) is 24.1. The highest BCUT2D eigenvalue weighted by Gasteiger charge is 2.25. The number of para-hydroxylation sites is 1. The van der Waals surface area contributed by atoms with E-state index in [0.717, 1.165) is 11.8 Å². The summed E-state index contributed by atoms with van der Waals surface area (Å²) in [6, 6.07) is 17.4. The van der Waals surface area contributed by atoms with Crippen LogP contribution < -0.4 is 14.8 Å². The lowest BCUT2D eigenvalue weighted by Crippen LogP contribution is -2.19. The first-order valence-corrected chi connectivity index (χ1v) is 10.9. The van der Waals surface area contributed by atoms with Gasteiger partial charge in [0.2, 0.25) is 0 Å². The predicted octanol–water partition coefficient (Wildman–Crippen LogP) is 5.00. The lowest BCUT2D eigenvalue weighted by atomic mass is 10.1. The smallest absolute Gasteiger partial charge is 0.335 e. The predicted molar refractivity (Wildman–Crippen MR) is 128 cm³/mol. The van der Waals surface area contributed by atoms with Crippen molar-refractivity contribution in [3.8, 4) is 11.5 Å². The van der Waals surface area contributed by atoms with Gasteiger partial charge in [-0.05, 0) is 65.9 Å². The van der Waals surface area contributed by atoms with Gasteiger partial charge in [0.05, 0.1) is 23.3 Å². The lowest BCUT2D eigenvalue weighted by molar-refractivity contribution is -0.115. The van der Waals surface area contributed by atoms with E-state index in [9.17, 15) is 19.1 Å². The van der Waals surface area contributed by atoms with Crippen LogP contribution in [0.4, 0.5) is 10.1 Å². The number of thioether (sulfide) groups is 1. The van der Waals surface area contributed by atoms with Gasteiger partial charge in [-0.1, -0.05) is 24.3 Å². The number of carboxylic acids is 1. The number of hydrogen-bond donors (Lipinski definition) is 2. The summed E-state index contributed by atoms with van der Waals surface area (Å²) < 4.78 is 24.5. The Bertz CT molecular complexity index is 1300. The van der Waals surface area contributed by atoms with Crippen LogP contribution in [0.5, 0.6) is 11.5 Å². The van der Waals surface area contributed by atoms with Crippen LogP contribution in [-0.4, -0.2) is 29.3 Å². The Labute approximate surface area is 198 Å². The average Bonchev–Trinajstić information content (AvgIpc) is 3.18. The first kappa shape index (κ1) is 23.1. The third-order valence-corrected chi connectivity index (χ3v) is 5.69. The molecule has 2 N–H and O–H groups in total. The van der Waals surface area contributed by atoms with Gasteiger partial charge >= 0.3 is 5.97 Å². The van der Waals surface area contributed by atoms with Gasteiger partial charge in [0.25, 0.3) is 5.91 Å². The van der Waals surface area contributed by atoms with Crippen molar-refractivity contribution in [2.75, 3.05) is 7.11 Å². The maximum absolute atomic E-state index is 13.1. The molecule has 7 nitrogen and oxygen atoms in total. The molecule has 1 amide bonds. The van der Waals surface area contributed by atoms with Crippen LogP contribution in [0.25, 0.3) is 6.08 Å². The average molecular weight is 479 g/mol. The van der Waals surface area contributed by atoms with E-state index in [0.29, 0.717) is 38.4 Å². The SMILES string of the molecule is COc1cccc(/C=C2/SC(=Nc3ccc(F)cc3)NC2=O)c1OCc1cccc(C(=O)O)c1. The van der Waals surface area contributed by atoms with Crippen LogP contribution in [0.15, 0.2) is 76.6 Å². The summed E-state index contributed by atoms with van der Waals surface area (Å²) in [6.45, 7) is 0.105. The van der Waals surface area contributed by atoms with Crippen LogP contribution in [0, 0.1) is 5.82 Å². The second kappa shape index (κ2) is 10.2. The molecule has 3 aromatic rings. The van der Waals surface area contributed by atoms with Crippen LogP contribution in [0.1, 0.15) is 21.5 Å². The number of aromatic carboxylic acids is 1. The maximum Gasteiger partial charge on any atom is 0.335 e. The van der Waals surface area contributed by atoms with Gasteiger partial charge in [-0.3, -0.25) is 4.79 Å². The molecule has 0 saturated carbocycles. The molecule has 9 heteroatoms. The van der Waals surface area contributed by atoms with Crippen molar-refractivity contribution in [2.24, 2.45) is 4.99 Å². The number of amidine groups is 1. The molecule has 1 fully saturated rings. The molecule has 1 aliphatic heterocycles. The molecular formula is C25H19FN2O5S. The van der Waals surface area contributed by atoms with E-state index in [1.54, 1.807) is 36.4 Å². The Morgan fingerprint density at radius 3 is 2.65 bits per heavy atom. The molecule has 0 radical (unpaired) electrons. The number of methoxy groups -OCH3 is 1. The van der Waals surface area contributed by atoms with E-state index in [1.165, 1.54) is 43.5 Å². The van der Waals surface area contributed by atoms with Crippen molar-refractivity contribution >= 4 is 40.6 Å². The third kappa shape index (κ3) is 5.44. The minimum absolute atomic E-state index is 0.105. The van der Waals surface area contributed by atoms with Crippen molar-refractivity contribution in [1.82, 2.24) is 5.32 Å². The zero-order valence-electron chi connectivity index (χ0n) is 17.9. The molecule has 4 rings (SSSR count). The summed E-state index contributed by atoms with van der Waals surface area (Å²) in [4.78, 5) is 28.5. The first-order valence-electron chi connectivity index (χ1n) is 10.1. The highest BCUT2D eigenvalue weighted by molar-refractivity contribution is 8.18. The molecule has 1 aliphatic rings. The van der Waals surface area contributed by atoms with Crippen molar-refractivity contribution < 1.29 is 28.6 Å². The van der Waals surface area contributed by atoms with Gasteiger partial charge in [-0.2, -0.15) is 0 Å². The number of halogens is 1. The van der Waals surface area contributed by atoms with Gasteiger partial charge < -0.3 is 19.9 Å². The van der Waals surface area contributed by atoms with Crippen LogP contribution in [0.3, 0.4) is 0 Å². The van der Waals surface area contributed by atoms with Crippen molar-refractivity contribution in [3.05, 3.63) is 94.1 Å². The van der Waals surface area contributed by atoms with Gasteiger partial charge in [-0.25, -0.2) is 14.2 Å². The van der Waals surface area contributed by atoms with Crippen molar-refractivity contribution in [3.63, 3.8) is 0 Å². The number of benzene rings is 3. The number of nitrogens with zero attached hydrogens (tertiary/aromatic N) is 1. The Morgan fingerprint density at radius 2 is 1.91 bits per heavy atom. The summed E-state index contributed by atoms with van der Waals surface area (Å²) in [7, 11) is 1.51. The van der Waals surface area contributed by atoms with Gasteiger partial charge in [0.15, 0.2) is 16.7 Å². The molecule has 0 unspecified atom stereocenters. The molecule has 1 heterocycles. The number of hydrogen-bond acceptors (Lipinski definition) is 6. The van der Waals surface area contributed by atoms with Crippen LogP contribution >= 0.6 is 11.8 Å². The second-order valence-corrected chi connectivity index (χ2v) is 8.16. The fourth-order valence-electron chi connectivity index (χ4n) is 3.17. The van der Waals surface area contributed by atoms with E-state index in [4.69, 9.17) is 9.47 Å². The quantitative estimate of drug-likeness (QED) is 0.464. The van der Waals surface area contributed by atoms with Crippen LogP contribution in [0.2, 0.25) is 0 Å². The summed E-state index contributed by atoms with van der Waals surface area (Å²) >= 11 is 1.15. The van der Waals surface area contributed by atoms with Crippen LogP contribution in [-0.2, 0) is 11.4 Å². The summed E-state index contributed by atoms with van der Waals surface area (Å²) in [5.41, 5.74) is 1.95. The van der Waals surface area contributed by atoms with E-state index < -0.39 is 5.97 Å². The summed E-state index contributed by atoms with van der Waals surface area (Å²) in [5.74, 6) is -0.837. The molecule has 0 spiro atoms. The Kier molecular flexibility index (Phi) is 6.93. The van der Waals surface area contributed by atoms with Crippen molar-refractivity contribution in [2.45, 2.75) is 6.61 Å². The minimum atomic E-state index is -1.02. The first-order chi connectivity index (χ1) is 16.4. The fourth-order valence-corrected chi connectivity index (χ4v) is 4.00. The normalized spacial score (nSPS) is 15.4. The molecule has 1 saturated heterocycles. The fraction of sp³-hybridized carbons (Fsp3) is 0.0800. The Balaban J connectivity index is 1.58. The molecule has 0 aromatic heterocycles. The number of amides is 1. The molecule has 172 valence electrons. The lowest BCUT2D eigenvalue weighted by Gasteiger charge is -2.14. The molecular weight excluding hydrogens is 459 g/mol. The molecule has 0 bridgehead atoms. The molecule has 0 aliphatic carbocycles. The summed E-state index contributed by atoms with van der Waals surface area (Å²) in [5, 5.41) is 12.3. The molecule has 34 heavy (non-hydrogen) atoms. The largest absolute Gasteiger partial charge is 0.493 e. The number of ether oxygens (including phenoxy) is 2. The standard InChI is InChI=1S/C25H19FN2O5S/c1-32-20-7-3-5-16(22(20)33-14-15-4-2-6-17(12-15)24(30)31)13-21-23(29)28-25(34-21)27-19-10-8-18(26)9-11-19/h2-13H,14H2,1H3,(H,30,31)(H,27,28,29)/b21-13+. The molecule has 0 atom stereocenters. The number of carboxylic acid groups (broad SMARTS) is 1. The Morgan fingerprint density at radius 1 is 1.15 bits per heavy atom. The van der Waals surface area contributed by atoms with Gasteiger partial charge in [0, 0.05) is 5.56 Å². The number of carbonyl (C=O) groups is 2. The van der Waals surface area contributed by atoms with E-state index >= 15 is 0 Å². The number of aliphatic imine (C=N–C) groups is 1. The highest BCUT2D eigenvalue weighted by Crippen LogP contribution is 2.36. The topological polar surface area (TPSA) is 97.2 Å². The monoisotopic (exact) mass is 478 g/mol. The number of carbonyl (C=O) groups excluding carboxylic acids is 1. The van der Waals surface area contributed by atoms with Crippen molar-refractivity contribution in [1.29, 1.82) is 0 Å². The maximum atomic E-state index is 13.1. The van der Waals surface area contributed by atoms with E-state index in [2.05, 4.69) is 10.3 Å². The summed E-state index contributed by atoms with van der Waals surface area (Å²) in [6.07, 6.45) is 1.67. The minimum Gasteiger partial charge on any atom is -0.493 e. The third-order valence-electron chi connectivity index (χ3n) is 4.78. The van der Waals surface area contributed by atoms with E-state index in [1.807, 2.05) is 0 Å². The van der Waals surface area contributed by atoms with Gasteiger partial charge in [0.1, 0.15) is 12.4 Å². The highest BCUT2D eigenvalue weighted by atomic mass is 32.2. The molecule has 3 aromatic carbocycles. The van der Waals surface area contributed by atoms with Gasteiger partial charge in [-0.15, -0.1) is 0 Å². The Hall–Kier alpha value is -4.11. The number of nitrogens with one attached hydrogen (secondary N) is 1. The van der Waals surface area contributed by atoms with E-state index in [-0.39, 0.29) is 23.9 Å².